The molecular formula is C18H21FN2O2. The SMILES string of the molecule is N#CC1(C(=O)N2CCO[C@H](c3ccc(F)cc3)C2)CCCCC1. The van der Waals surface area contributed by atoms with Gasteiger partial charge in [-0.1, -0.05) is 31.4 Å². The van der Waals surface area contributed by atoms with E-state index in [1.807, 2.05) is 0 Å². The molecule has 1 amide bonds. The average Bonchev–Trinajstić information content (AvgIpc) is 2.62. The summed E-state index contributed by atoms with van der Waals surface area (Å²) < 4.78 is 18.8. The molecule has 0 N–H and O–H groups in total. The first-order valence-electron chi connectivity index (χ1n) is 8.22. The monoisotopic (exact) mass is 316 g/mol. The van der Waals surface area contributed by atoms with E-state index in [1.165, 1.54) is 12.1 Å². The van der Waals surface area contributed by atoms with Crippen LogP contribution < -0.4 is 0 Å². The van der Waals surface area contributed by atoms with E-state index in [9.17, 15) is 14.4 Å². The Morgan fingerprint density at radius 1 is 1.26 bits per heavy atom. The van der Waals surface area contributed by atoms with Crippen molar-refractivity contribution in [1.29, 1.82) is 5.26 Å². The number of hydrogen-bond donors (Lipinski definition) is 0. The minimum atomic E-state index is -0.858. The minimum Gasteiger partial charge on any atom is -0.370 e. The Hall–Kier alpha value is -1.93. The summed E-state index contributed by atoms with van der Waals surface area (Å²) in [5, 5.41) is 9.59. The molecule has 2 aliphatic rings. The number of benzene rings is 1. The van der Waals surface area contributed by atoms with Gasteiger partial charge in [0, 0.05) is 6.54 Å². The van der Waals surface area contributed by atoms with Crippen LogP contribution in [0, 0.1) is 22.6 Å². The highest BCUT2D eigenvalue weighted by atomic mass is 19.1. The normalized spacial score (nSPS) is 24.0. The molecule has 1 aromatic carbocycles. The van der Waals surface area contributed by atoms with E-state index in [0.29, 0.717) is 32.5 Å². The van der Waals surface area contributed by atoms with Crippen molar-refractivity contribution in [2.45, 2.75) is 38.2 Å². The second-order valence-electron chi connectivity index (χ2n) is 6.42. The van der Waals surface area contributed by atoms with Crippen LogP contribution in [0.5, 0.6) is 0 Å². The first-order valence-corrected chi connectivity index (χ1v) is 8.22. The maximum Gasteiger partial charge on any atom is 0.243 e. The predicted molar refractivity (Wildman–Crippen MR) is 82.8 cm³/mol. The lowest BCUT2D eigenvalue weighted by Gasteiger charge is -2.39. The Kier molecular flexibility index (Phi) is 4.63. The molecule has 5 heteroatoms. The summed E-state index contributed by atoms with van der Waals surface area (Å²) in [4.78, 5) is 14.7. The second-order valence-corrected chi connectivity index (χ2v) is 6.42. The number of amides is 1. The van der Waals surface area contributed by atoms with E-state index in [2.05, 4.69) is 6.07 Å². The first-order chi connectivity index (χ1) is 11.1. The summed E-state index contributed by atoms with van der Waals surface area (Å²) in [6, 6.07) is 8.47. The number of hydrogen-bond acceptors (Lipinski definition) is 3. The fourth-order valence-electron chi connectivity index (χ4n) is 3.54. The molecule has 1 atom stereocenters. The smallest absolute Gasteiger partial charge is 0.243 e. The summed E-state index contributed by atoms with van der Waals surface area (Å²) in [7, 11) is 0. The summed E-state index contributed by atoms with van der Waals surface area (Å²) in [5.74, 6) is -0.349. The summed E-state index contributed by atoms with van der Waals surface area (Å²) in [6.45, 7) is 1.38. The van der Waals surface area contributed by atoms with Crippen molar-refractivity contribution in [2.24, 2.45) is 5.41 Å². The highest BCUT2D eigenvalue weighted by molar-refractivity contribution is 5.85. The summed E-state index contributed by atoms with van der Waals surface area (Å²) in [6.07, 6.45) is 4.02. The third kappa shape index (κ3) is 3.23. The Balaban J connectivity index is 1.74. The van der Waals surface area contributed by atoms with Gasteiger partial charge in [-0.2, -0.15) is 5.26 Å². The Labute approximate surface area is 135 Å². The number of halogens is 1. The summed E-state index contributed by atoms with van der Waals surface area (Å²) in [5.41, 5.74) is 0.00157. The molecule has 23 heavy (non-hydrogen) atoms. The van der Waals surface area contributed by atoms with Crippen LogP contribution >= 0.6 is 0 Å². The zero-order chi connectivity index (χ0) is 16.3. The van der Waals surface area contributed by atoms with Gasteiger partial charge in [-0.3, -0.25) is 4.79 Å². The van der Waals surface area contributed by atoms with Crippen molar-refractivity contribution in [3.05, 3.63) is 35.6 Å². The van der Waals surface area contributed by atoms with Crippen molar-refractivity contribution in [3.8, 4) is 6.07 Å². The second kappa shape index (κ2) is 6.67. The quantitative estimate of drug-likeness (QED) is 0.842. The van der Waals surface area contributed by atoms with Gasteiger partial charge in [0.1, 0.15) is 17.3 Å². The van der Waals surface area contributed by atoms with Gasteiger partial charge in [0.15, 0.2) is 0 Å². The topological polar surface area (TPSA) is 53.3 Å². The molecule has 1 saturated carbocycles. The molecule has 1 aliphatic carbocycles. The van der Waals surface area contributed by atoms with E-state index in [-0.39, 0.29) is 17.8 Å². The lowest BCUT2D eigenvalue weighted by molar-refractivity contribution is -0.148. The molecule has 0 aromatic heterocycles. The summed E-state index contributed by atoms with van der Waals surface area (Å²) >= 11 is 0. The Morgan fingerprint density at radius 2 is 1.96 bits per heavy atom. The largest absolute Gasteiger partial charge is 0.370 e. The number of rotatable bonds is 2. The number of carbonyl (C=O) groups excluding carboxylic acids is 1. The molecule has 0 radical (unpaired) electrons. The van der Waals surface area contributed by atoms with Gasteiger partial charge in [-0.15, -0.1) is 0 Å². The number of ether oxygens (including phenoxy) is 1. The van der Waals surface area contributed by atoms with Crippen LogP contribution in [0.25, 0.3) is 0 Å². The maximum absolute atomic E-state index is 13.1. The van der Waals surface area contributed by atoms with Gasteiger partial charge in [0.25, 0.3) is 0 Å². The van der Waals surface area contributed by atoms with Crippen LogP contribution in [0.3, 0.4) is 0 Å². The van der Waals surface area contributed by atoms with E-state index < -0.39 is 5.41 Å². The molecule has 3 rings (SSSR count). The molecule has 1 saturated heterocycles. The molecule has 0 unspecified atom stereocenters. The highest BCUT2D eigenvalue weighted by Crippen LogP contribution is 2.38. The van der Waals surface area contributed by atoms with Gasteiger partial charge in [0.05, 0.1) is 19.2 Å². The molecule has 2 fully saturated rings. The van der Waals surface area contributed by atoms with Crippen molar-refractivity contribution in [2.75, 3.05) is 19.7 Å². The lowest BCUT2D eigenvalue weighted by Crippen LogP contribution is -2.49. The maximum atomic E-state index is 13.1. The number of morpholine rings is 1. The van der Waals surface area contributed by atoms with Gasteiger partial charge < -0.3 is 9.64 Å². The van der Waals surface area contributed by atoms with Gasteiger partial charge in [-0.25, -0.2) is 4.39 Å². The van der Waals surface area contributed by atoms with Gasteiger partial charge in [0.2, 0.25) is 5.91 Å². The molecular weight excluding hydrogens is 295 g/mol. The standard InChI is InChI=1S/C18H21FN2O2/c19-15-6-4-14(5-7-15)16-12-21(10-11-23-16)17(22)18(13-20)8-2-1-3-9-18/h4-7,16H,1-3,8-12H2/t16-/m0/s1. The fourth-order valence-corrected chi connectivity index (χ4v) is 3.54. The van der Waals surface area contributed by atoms with Crippen LogP contribution in [-0.2, 0) is 9.53 Å². The third-order valence-corrected chi connectivity index (χ3v) is 4.93. The predicted octanol–water partition coefficient (Wildman–Crippen LogP) is 3.20. The van der Waals surface area contributed by atoms with Crippen LogP contribution in [0.4, 0.5) is 4.39 Å². The Bertz CT molecular complexity index is 602. The molecule has 1 aliphatic heterocycles. The Morgan fingerprint density at radius 3 is 2.61 bits per heavy atom. The lowest BCUT2D eigenvalue weighted by atomic mass is 9.74. The van der Waals surface area contributed by atoms with E-state index in [1.54, 1.807) is 17.0 Å². The van der Waals surface area contributed by atoms with Crippen LogP contribution in [0.2, 0.25) is 0 Å². The zero-order valence-corrected chi connectivity index (χ0v) is 13.1. The van der Waals surface area contributed by atoms with Crippen molar-refractivity contribution in [3.63, 3.8) is 0 Å². The van der Waals surface area contributed by atoms with Crippen LogP contribution in [-0.4, -0.2) is 30.5 Å². The van der Waals surface area contributed by atoms with Crippen molar-refractivity contribution < 1.29 is 13.9 Å². The molecule has 1 heterocycles. The average molecular weight is 316 g/mol. The van der Waals surface area contributed by atoms with Gasteiger partial charge >= 0.3 is 0 Å². The van der Waals surface area contributed by atoms with Crippen molar-refractivity contribution >= 4 is 5.91 Å². The minimum absolute atomic E-state index is 0.0601. The number of carbonyl (C=O) groups is 1. The third-order valence-electron chi connectivity index (χ3n) is 4.93. The molecule has 0 bridgehead atoms. The highest BCUT2D eigenvalue weighted by Gasteiger charge is 2.43. The van der Waals surface area contributed by atoms with E-state index in [0.717, 1.165) is 24.8 Å². The molecule has 1 aromatic rings. The zero-order valence-electron chi connectivity index (χ0n) is 13.1. The molecule has 4 nitrogen and oxygen atoms in total. The number of nitriles is 1. The van der Waals surface area contributed by atoms with Crippen LogP contribution in [0.1, 0.15) is 43.8 Å². The van der Waals surface area contributed by atoms with Gasteiger partial charge in [-0.05, 0) is 30.5 Å². The van der Waals surface area contributed by atoms with E-state index in [4.69, 9.17) is 4.74 Å². The fraction of sp³-hybridized carbons (Fsp3) is 0.556. The van der Waals surface area contributed by atoms with Crippen LogP contribution in [0.15, 0.2) is 24.3 Å². The number of nitrogens with zero attached hydrogens (tertiary/aromatic N) is 2. The first kappa shape index (κ1) is 15.9. The molecule has 0 spiro atoms. The van der Waals surface area contributed by atoms with Crippen molar-refractivity contribution in [1.82, 2.24) is 4.90 Å². The van der Waals surface area contributed by atoms with E-state index >= 15 is 0 Å². The molecule has 122 valence electrons.